The summed E-state index contributed by atoms with van der Waals surface area (Å²) in [5.41, 5.74) is 3.88. The van der Waals surface area contributed by atoms with Crippen LogP contribution in [0.1, 0.15) is 48.8 Å². The Morgan fingerprint density at radius 3 is 2.35 bits per heavy atom. The van der Waals surface area contributed by atoms with Gasteiger partial charge in [0.1, 0.15) is 11.9 Å². The first-order valence-corrected chi connectivity index (χ1v) is 11.7. The summed E-state index contributed by atoms with van der Waals surface area (Å²) < 4.78 is 6.10. The van der Waals surface area contributed by atoms with Crippen LogP contribution < -0.4 is 4.74 Å². The van der Waals surface area contributed by atoms with E-state index in [-0.39, 0.29) is 0 Å². The van der Waals surface area contributed by atoms with Crippen LogP contribution in [0.5, 0.6) is 5.75 Å². The molecule has 0 bridgehead atoms. The highest BCUT2D eigenvalue weighted by Crippen LogP contribution is 2.24. The van der Waals surface area contributed by atoms with Gasteiger partial charge < -0.3 is 9.64 Å². The van der Waals surface area contributed by atoms with Gasteiger partial charge in [-0.05, 0) is 74.8 Å². The van der Waals surface area contributed by atoms with Gasteiger partial charge in [0, 0.05) is 51.0 Å². The van der Waals surface area contributed by atoms with Crippen molar-refractivity contribution in [2.24, 2.45) is 0 Å². The topological polar surface area (TPSA) is 45.7 Å². The maximum Gasteiger partial charge on any atom is 0.222 e. The van der Waals surface area contributed by atoms with Crippen molar-refractivity contribution in [2.75, 3.05) is 26.2 Å². The second-order valence-corrected chi connectivity index (χ2v) is 9.07. The second-order valence-electron chi connectivity index (χ2n) is 9.07. The summed E-state index contributed by atoms with van der Waals surface area (Å²) in [5, 5.41) is 0. The number of amides is 1. The molecule has 0 radical (unpaired) electrons. The molecule has 1 aromatic carbocycles. The zero-order valence-electron chi connectivity index (χ0n) is 18.9. The molecular weight excluding hydrogens is 386 g/mol. The maximum absolute atomic E-state index is 12.7. The first-order valence-electron chi connectivity index (χ1n) is 11.7. The molecule has 4 rings (SSSR count). The maximum atomic E-state index is 12.7. The van der Waals surface area contributed by atoms with Gasteiger partial charge in [0.25, 0.3) is 0 Å². The van der Waals surface area contributed by atoms with Crippen molar-refractivity contribution < 1.29 is 9.53 Å². The van der Waals surface area contributed by atoms with Crippen molar-refractivity contribution in [3.63, 3.8) is 0 Å². The molecule has 2 aromatic rings. The summed E-state index contributed by atoms with van der Waals surface area (Å²) in [5.74, 6) is 1.22. The zero-order chi connectivity index (χ0) is 21.6. The molecule has 0 spiro atoms. The van der Waals surface area contributed by atoms with Gasteiger partial charge in [-0.1, -0.05) is 18.2 Å². The van der Waals surface area contributed by atoms with E-state index in [0.29, 0.717) is 24.5 Å². The van der Waals surface area contributed by atoms with E-state index in [4.69, 9.17) is 4.74 Å². The molecule has 31 heavy (non-hydrogen) atoms. The molecule has 0 N–H and O–H groups in total. The van der Waals surface area contributed by atoms with Gasteiger partial charge >= 0.3 is 0 Å². The van der Waals surface area contributed by atoms with E-state index in [9.17, 15) is 4.79 Å². The van der Waals surface area contributed by atoms with Gasteiger partial charge in [0.05, 0.1) is 0 Å². The highest BCUT2D eigenvalue weighted by atomic mass is 16.5. The smallest absolute Gasteiger partial charge is 0.222 e. The lowest BCUT2D eigenvalue weighted by Gasteiger charge is -2.41. The highest BCUT2D eigenvalue weighted by Gasteiger charge is 2.30. The number of benzene rings is 1. The van der Waals surface area contributed by atoms with E-state index in [1.807, 2.05) is 12.1 Å². The third-order valence-electron chi connectivity index (χ3n) is 6.96. The number of aryl methyl sites for hydroxylation is 3. The largest absolute Gasteiger partial charge is 0.490 e. The number of carbonyl (C=O) groups is 1. The van der Waals surface area contributed by atoms with E-state index >= 15 is 0 Å². The van der Waals surface area contributed by atoms with Crippen molar-refractivity contribution in [3.8, 4) is 5.75 Å². The highest BCUT2D eigenvalue weighted by molar-refractivity contribution is 5.76. The fraction of sp³-hybridized carbons (Fsp3) is 0.538. The number of hydrogen-bond acceptors (Lipinski definition) is 4. The molecule has 2 aliphatic rings. The van der Waals surface area contributed by atoms with Crippen LogP contribution in [-0.4, -0.2) is 59.0 Å². The molecule has 2 saturated heterocycles. The quantitative estimate of drug-likeness (QED) is 0.702. The number of piperidine rings is 2. The molecule has 2 fully saturated rings. The van der Waals surface area contributed by atoms with Crippen LogP contribution in [0.4, 0.5) is 0 Å². The number of hydrogen-bond donors (Lipinski definition) is 0. The normalized spacial score (nSPS) is 18.8. The lowest BCUT2D eigenvalue weighted by molar-refractivity contribution is -0.132. The number of pyridine rings is 1. The third-order valence-corrected chi connectivity index (χ3v) is 6.96. The summed E-state index contributed by atoms with van der Waals surface area (Å²) >= 11 is 0. The van der Waals surface area contributed by atoms with Gasteiger partial charge in [-0.15, -0.1) is 0 Å². The Hall–Kier alpha value is -2.40. The number of likely N-dealkylation sites (tertiary alicyclic amines) is 2. The molecule has 1 aromatic heterocycles. The van der Waals surface area contributed by atoms with Crippen molar-refractivity contribution in [3.05, 3.63) is 59.4 Å². The number of carbonyl (C=O) groups excluding carboxylic acids is 1. The summed E-state index contributed by atoms with van der Waals surface area (Å²) in [6.07, 6.45) is 9.62. The minimum atomic E-state index is 0.297. The van der Waals surface area contributed by atoms with Crippen LogP contribution in [-0.2, 0) is 11.2 Å². The molecule has 0 saturated carbocycles. The summed E-state index contributed by atoms with van der Waals surface area (Å²) in [6, 6.07) is 11.0. The SMILES string of the molecule is Cc1ccc(CCC(=O)N2CCC(N3CCC(Oc4ccncc4)CC3)CC2)cc1C. The molecule has 5 heteroatoms. The Labute approximate surface area is 186 Å². The Kier molecular flexibility index (Phi) is 7.23. The van der Waals surface area contributed by atoms with Gasteiger partial charge in [-0.2, -0.15) is 0 Å². The van der Waals surface area contributed by atoms with Crippen LogP contribution >= 0.6 is 0 Å². The lowest BCUT2D eigenvalue weighted by atomic mass is 9.98. The predicted molar refractivity (Wildman–Crippen MR) is 123 cm³/mol. The molecule has 0 unspecified atom stereocenters. The first-order chi connectivity index (χ1) is 15.1. The molecule has 1 amide bonds. The Morgan fingerprint density at radius 1 is 0.968 bits per heavy atom. The molecule has 2 aliphatic heterocycles. The predicted octanol–water partition coefficient (Wildman–Crippen LogP) is 4.17. The van der Waals surface area contributed by atoms with Gasteiger partial charge in [0.15, 0.2) is 0 Å². The van der Waals surface area contributed by atoms with Crippen LogP contribution in [0, 0.1) is 13.8 Å². The minimum absolute atomic E-state index is 0.297. The van der Waals surface area contributed by atoms with Crippen molar-refractivity contribution in [2.45, 2.75) is 64.5 Å². The average Bonchev–Trinajstić information content (AvgIpc) is 2.81. The third kappa shape index (κ3) is 5.85. The number of nitrogens with zero attached hydrogens (tertiary/aromatic N) is 3. The molecule has 0 atom stereocenters. The van der Waals surface area contributed by atoms with Crippen molar-refractivity contribution >= 4 is 5.91 Å². The zero-order valence-corrected chi connectivity index (χ0v) is 18.9. The fourth-order valence-electron chi connectivity index (χ4n) is 4.82. The summed E-state index contributed by atoms with van der Waals surface area (Å²) in [4.78, 5) is 21.5. The molecule has 0 aliphatic carbocycles. The van der Waals surface area contributed by atoms with Crippen LogP contribution in [0.3, 0.4) is 0 Å². The molecule has 166 valence electrons. The van der Waals surface area contributed by atoms with Crippen LogP contribution in [0.2, 0.25) is 0 Å². The number of aromatic nitrogens is 1. The standard InChI is InChI=1S/C26H35N3O2/c1-20-3-4-22(19-21(20)2)5-6-26(30)29-15-9-23(10-16-29)28-17-11-25(12-18-28)31-24-7-13-27-14-8-24/h3-4,7-8,13-14,19,23,25H,5-6,9-12,15-18H2,1-2H3. The van der Waals surface area contributed by atoms with E-state index < -0.39 is 0 Å². The molecule has 5 nitrogen and oxygen atoms in total. The Balaban J connectivity index is 1.17. The number of rotatable bonds is 6. The summed E-state index contributed by atoms with van der Waals surface area (Å²) in [7, 11) is 0. The number of ether oxygens (including phenoxy) is 1. The summed E-state index contributed by atoms with van der Waals surface area (Å²) in [6.45, 7) is 8.22. The monoisotopic (exact) mass is 421 g/mol. The van der Waals surface area contributed by atoms with Gasteiger partial charge in [-0.3, -0.25) is 14.7 Å². The second kappa shape index (κ2) is 10.3. The van der Waals surface area contributed by atoms with E-state index in [2.05, 4.69) is 46.8 Å². The Bertz CT molecular complexity index is 854. The van der Waals surface area contributed by atoms with Gasteiger partial charge in [0.2, 0.25) is 5.91 Å². The van der Waals surface area contributed by atoms with Gasteiger partial charge in [-0.25, -0.2) is 0 Å². The fourth-order valence-corrected chi connectivity index (χ4v) is 4.82. The lowest BCUT2D eigenvalue weighted by Crippen LogP contribution is -2.50. The van der Waals surface area contributed by atoms with E-state index in [1.165, 1.54) is 16.7 Å². The van der Waals surface area contributed by atoms with Crippen molar-refractivity contribution in [1.29, 1.82) is 0 Å². The van der Waals surface area contributed by atoms with E-state index in [1.54, 1.807) is 12.4 Å². The van der Waals surface area contributed by atoms with Crippen LogP contribution in [0.15, 0.2) is 42.7 Å². The minimum Gasteiger partial charge on any atom is -0.490 e. The average molecular weight is 422 g/mol. The Morgan fingerprint density at radius 2 is 1.68 bits per heavy atom. The molecular formula is C26H35N3O2. The molecule has 3 heterocycles. The van der Waals surface area contributed by atoms with Crippen molar-refractivity contribution in [1.82, 2.24) is 14.8 Å². The van der Waals surface area contributed by atoms with E-state index in [0.717, 1.165) is 64.0 Å². The first kappa shape index (κ1) is 21.8. The van der Waals surface area contributed by atoms with Crippen LogP contribution in [0.25, 0.3) is 0 Å².